The minimum absolute atomic E-state index is 0.0400. The summed E-state index contributed by atoms with van der Waals surface area (Å²) in [7, 11) is 0. The van der Waals surface area contributed by atoms with Crippen LogP contribution < -0.4 is 10.2 Å². The van der Waals surface area contributed by atoms with Gasteiger partial charge in [-0.15, -0.1) is 0 Å². The fraction of sp³-hybridized carbons (Fsp3) is 0.318. The second-order valence-corrected chi connectivity index (χ2v) is 6.89. The fourth-order valence-corrected chi connectivity index (χ4v) is 3.49. The topological polar surface area (TPSA) is 69.7 Å². The van der Waals surface area contributed by atoms with E-state index in [0.717, 1.165) is 35.3 Å². The summed E-state index contributed by atoms with van der Waals surface area (Å²) in [5.74, 6) is -2.31. The van der Waals surface area contributed by atoms with E-state index in [4.69, 9.17) is 0 Å². The van der Waals surface area contributed by atoms with Crippen molar-refractivity contribution in [3.8, 4) is 0 Å². The number of carbonyl (C=O) groups excluding carboxylic acids is 3. The molecule has 0 atom stereocenters. The molecule has 1 heterocycles. The summed E-state index contributed by atoms with van der Waals surface area (Å²) in [5.41, 5.74) is 2.50. The summed E-state index contributed by atoms with van der Waals surface area (Å²) in [5, 5.41) is 2.82. The third-order valence-electron chi connectivity index (χ3n) is 5.12. The number of amides is 3. The zero-order valence-electron chi connectivity index (χ0n) is 16.8. The number of aryl methyl sites for hydroxylation is 1. The summed E-state index contributed by atoms with van der Waals surface area (Å²) < 4.78 is 13.9. The van der Waals surface area contributed by atoms with Crippen molar-refractivity contribution in [1.82, 2.24) is 4.90 Å². The van der Waals surface area contributed by atoms with Crippen LogP contribution in [0.15, 0.2) is 36.4 Å². The lowest BCUT2D eigenvalue weighted by Gasteiger charge is -2.22. The summed E-state index contributed by atoms with van der Waals surface area (Å²) in [6.07, 6.45) is -0.0652. The lowest BCUT2D eigenvalue weighted by molar-refractivity contribution is -0.116. The highest BCUT2D eigenvalue weighted by Gasteiger charge is 2.37. The molecule has 0 saturated heterocycles. The molecular formula is C22H24FN3O3. The molecular weight excluding hydrogens is 373 g/mol. The molecule has 0 aliphatic carbocycles. The van der Waals surface area contributed by atoms with Gasteiger partial charge in [-0.05, 0) is 56.7 Å². The van der Waals surface area contributed by atoms with E-state index in [2.05, 4.69) is 24.1 Å². The average Bonchev–Trinajstić information content (AvgIpc) is 2.94. The second-order valence-electron chi connectivity index (χ2n) is 6.89. The van der Waals surface area contributed by atoms with Crippen LogP contribution in [0.4, 0.5) is 15.8 Å². The van der Waals surface area contributed by atoms with Crippen LogP contribution >= 0.6 is 0 Å². The summed E-state index contributed by atoms with van der Waals surface area (Å²) >= 11 is 0. The number of carbonyl (C=O) groups is 3. The highest BCUT2D eigenvalue weighted by atomic mass is 19.1. The summed E-state index contributed by atoms with van der Waals surface area (Å²) in [6, 6.07) is 9.75. The molecule has 1 aliphatic rings. The van der Waals surface area contributed by atoms with Gasteiger partial charge in [-0.1, -0.05) is 6.07 Å². The van der Waals surface area contributed by atoms with Crippen molar-refractivity contribution in [3.05, 3.63) is 58.9 Å². The van der Waals surface area contributed by atoms with Gasteiger partial charge in [0, 0.05) is 37.4 Å². The molecule has 1 N–H and O–H groups in total. The molecule has 2 aromatic rings. The second kappa shape index (κ2) is 8.43. The Labute approximate surface area is 169 Å². The van der Waals surface area contributed by atoms with Crippen LogP contribution in [-0.4, -0.2) is 42.3 Å². The Hall–Kier alpha value is -3.22. The number of rotatable bonds is 7. The van der Waals surface area contributed by atoms with Crippen molar-refractivity contribution >= 4 is 29.1 Å². The maximum absolute atomic E-state index is 13.9. The number of halogens is 1. The van der Waals surface area contributed by atoms with Gasteiger partial charge in [0.1, 0.15) is 5.82 Å². The quantitative estimate of drug-likeness (QED) is 0.725. The molecule has 1 aliphatic heterocycles. The van der Waals surface area contributed by atoms with Crippen molar-refractivity contribution in [2.24, 2.45) is 0 Å². The van der Waals surface area contributed by atoms with Crippen LogP contribution in [0.2, 0.25) is 0 Å². The van der Waals surface area contributed by atoms with Crippen molar-refractivity contribution < 1.29 is 18.8 Å². The van der Waals surface area contributed by atoms with E-state index in [0.29, 0.717) is 5.69 Å². The van der Waals surface area contributed by atoms with E-state index in [1.165, 1.54) is 12.1 Å². The van der Waals surface area contributed by atoms with Gasteiger partial charge in [0.05, 0.1) is 11.1 Å². The molecule has 3 amide bonds. The van der Waals surface area contributed by atoms with Gasteiger partial charge in [0.25, 0.3) is 11.8 Å². The van der Waals surface area contributed by atoms with Gasteiger partial charge in [0.2, 0.25) is 5.91 Å². The molecule has 0 spiro atoms. The first-order valence-electron chi connectivity index (χ1n) is 9.67. The van der Waals surface area contributed by atoms with Gasteiger partial charge < -0.3 is 10.2 Å². The molecule has 2 aromatic carbocycles. The number of anilines is 2. The Bertz CT molecular complexity index is 970. The van der Waals surface area contributed by atoms with E-state index in [9.17, 15) is 18.8 Å². The molecule has 0 unspecified atom stereocenters. The molecule has 0 aromatic heterocycles. The normalized spacial score (nSPS) is 12.9. The van der Waals surface area contributed by atoms with Crippen LogP contribution in [0.1, 0.15) is 46.5 Å². The Morgan fingerprint density at radius 1 is 1.10 bits per heavy atom. The molecule has 29 heavy (non-hydrogen) atoms. The highest BCUT2D eigenvalue weighted by molar-refractivity contribution is 6.21. The first-order chi connectivity index (χ1) is 13.9. The standard InChI is InChI=1S/C22H24FN3O3/c1-4-25(5-2)15-9-10-18(14(3)13-15)24-19(27)11-12-26-21(28)16-7-6-8-17(23)20(16)22(26)29/h6-10,13H,4-5,11-12H2,1-3H3,(H,24,27). The maximum atomic E-state index is 13.9. The summed E-state index contributed by atoms with van der Waals surface area (Å²) in [4.78, 5) is 40.2. The zero-order chi connectivity index (χ0) is 21.1. The minimum Gasteiger partial charge on any atom is -0.372 e. The van der Waals surface area contributed by atoms with Crippen molar-refractivity contribution in [2.75, 3.05) is 29.9 Å². The molecule has 0 saturated carbocycles. The van der Waals surface area contributed by atoms with Gasteiger partial charge in [-0.25, -0.2) is 4.39 Å². The minimum atomic E-state index is -0.725. The van der Waals surface area contributed by atoms with E-state index in [1.807, 2.05) is 25.1 Å². The predicted molar refractivity (Wildman–Crippen MR) is 110 cm³/mol. The van der Waals surface area contributed by atoms with E-state index in [1.54, 1.807) is 0 Å². The smallest absolute Gasteiger partial charge is 0.264 e. The van der Waals surface area contributed by atoms with Crippen LogP contribution in [0.5, 0.6) is 0 Å². The molecule has 6 nitrogen and oxygen atoms in total. The lowest BCUT2D eigenvalue weighted by atomic mass is 10.1. The maximum Gasteiger partial charge on any atom is 0.264 e. The number of fused-ring (bicyclic) bond motifs is 1. The Morgan fingerprint density at radius 2 is 1.83 bits per heavy atom. The van der Waals surface area contributed by atoms with Crippen molar-refractivity contribution in [1.29, 1.82) is 0 Å². The largest absolute Gasteiger partial charge is 0.372 e. The number of nitrogens with zero attached hydrogens (tertiary/aromatic N) is 2. The average molecular weight is 397 g/mol. The van der Waals surface area contributed by atoms with Gasteiger partial charge in [0.15, 0.2) is 0 Å². The molecule has 3 rings (SSSR count). The fourth-order valence-electron chi connectivity index (χ4n) is 3.49. The Morgan fingerprint density at radius 3 is 2.45 bits per heavy atom. The number of hydrogen-bond donors (Lipinski definition) is 1. The van der Waals surface area contributed by atoms with Crippen molar-refractivity contribution in [2.45, 2.75) is 27.2 Å². The lowest BCUT2D eigenvalue weighted by Crippen LogP contribution is -2.33. The first kappa shape index (κ1) is 20.5. The predicted octanol–water partition coefficient (Wildman–Crippen LogP) is 3.61. The Balaban J connectivity index is 1.63. The SMILES string of the molecule is CCN(CC)c1ccc(NC(=O)CCN2C(=O)c3cccc(F)c3C2=O)c(C)c1. The monoisotopic (exact) mass is 397 g/mol. The van der Waals surface area contributed by atoms with E-state index >= 15 is 0 Å². The highest BCUT2D eigenvalue weighted by Crippen LogP contribution is 2.26. The van der Waals surface area contributed by atoms with E-state index < -0.39 is 17.6 Å². The van der Waals surface area contributed by atoms with Crippen LogP contribution in [0, 0.1) is 12.7 Å². The Kier molecular flexibility index (Phi) is 5.96. The number of imide groups is 1. The van der Waals surface area contributed by atoms with Gasteiger partial charge in [-0.3, -0.25) is 19.3 Å². The number of hydrogen-bond acceptors (Lipinski definition) is 4. The number of nitrogens with one attached hydrogen (secondary N) is 1. The van der Waals surface area contributed by atoms with Crippen LogP contribution in [-0.2, 0) is 4.79 Å². The number of benzene rings is 2. The van der Waals surface area contributed by atoms with E-state index in [-0.39, 0.29) is 30.0 Å². The third-order valence-corrected chi connectivity index (χ3v) is 5.12. The van der Waals surface area contributed by atoms with Crippen molar-refractivity contribution in [3.63, 3.8) is 0 Å². The van der Waals surface area contributed by atoms with Crippen LogP contribution in [0.3, 0.4) is 0 Å². The molecule has 7 heteroatoms. The zero-order valence-corrected chi connectivity index (χ0v) is 16.8. The van der Waals surface area contributed by atoms with Gasteiger partial charge >= 0.3 is 0 Å². The molecule has 0 bridgehead atoms. The van der Waals surface area contributed by atoms with Gasteiger partial charge in [-0.2, -0.15) is 0 Å². The molecule has 0 fully saturated rings. The summed E-state index contributed by atoms with van der Waals surface area (Å²) in [6.45, 7) is 7.76. The molecule has 0 radical (unpaired) electrons. The van der Waals surface area contributed by atoms with Crippen LogP contribution in [0.25, 0.3) is 0 Å². The molecule has 152 valence electrons. The third kappa shape index (κ3) is 3.99. The first-order valence-corrected chi connectivity index (χ1v) is 9.67.